The second-order valence-electron chi connectivity index (χ2n) is 3.69. The fourth-order valence-electron chi connectivity index (χ4n) is 1.56. The minimum absolute atomic E-state index is 0.251. The second-order valence-corrected chi connectivity index (χ2v) is 4.63. The highest BCUT2D eigenvalue weighted by Crippen LogP contribution is 2.25. The van der Waals surface area contributed by atoms with E-state index in [-0.39, 0.29) is 6.01 Å². The van der Waals surface area contributed by atoms with Crippen molar-refractivity contribution < 1.29 is 4.74 Å². The van der Waals surface area contributed by atoms with Crippen LogP contribution in [0, 0.1) is 0 Å². The maximum atomic E-state index is 5.05. The molecule has 3 rings (SSSR count). The van der Waals surface area contributed by atoms with Gasteiger partial charge in [-0.1, -0.05) is 6.07 Å². The highest BCUT2D eigenvalue weighted by atomic mass is 32.2. The molecule has 0 radical (unpaired) electrons. The van der Waals surface area contributed by atoms with E-state index in [1.54, 1.807) is 7.05 Å². The van der Waals surface area contributed by atoms with Crippen molar-refractivity contribution in [1.82, 2.24) is 29.5 Å². The van der Waals surface area contributed by atoms with Gasteiger partial charge in [-0.15, -0.1) is 10.2 Å². The number of rotatable bonds is 4. The molecule has 3 aromatic heterocycles. The fraction of sp³-hybridized carbons (Fsp3) is 0.182. The molecule has 0 aromatic carbocycles. The van der Waals surface area contributed by atoms with Crippen molar-refractivity contribution in [1.29, 1.82) is 0 Å². The molecule has 0 saturated carbocycles. The molecule has 3 aromatic rings. The van der Waals surface area contributed by atoms with Crippen molar-refractivity contribution in [2.45, 2.75) is 10.3 Å². The van der Waals surface area contributed by atoms with Gasteiger partial charge < -0.3 is 10.1 Å². The molecule has 3 heterocycles. The van der Waals surface area contributed by atoms with E-state index in [9.17, 15) is 0 Å². The number of aromatic nitrogens is 6. The monoisotopic (exact) mass is 289 g/mol. The predicted molar refractivity (Wildman–Crippen MR) is 73.0 cm³/mol. The van der Waals surface area contributed by atoms with Gasteiger partial charge in [-0.2, -0.15) is 15.0 Å². The van der Waals surface area contributed by atoms with E-state index >= 15 is 0 Å². The van der Waals surface area contributed by atoms with Gasteiger partial charge in [0.25, 0.3) is 0 Å². The summed E-state index contributed by atoms with van der Waals surface area (Å²) >= 11 is 1.29. The summed E-state index contributed by atoms with van der Waals surface area (Å²) in [4.78, 5) is 12.5. The molecule has 0 aliphatic heterocycles. The van der Waals surface area contributed by atoms with Crippen molar-refractivity contribution >= 4 is 23.4 Å². The third-order valence-electron chi connectivity index (χ3n) is 2.47. The first-order valence-electron chi connectivity index (χ1n) is 5.75. The van der Waals surface area contributed by atoms with Crippen LogP contribution in [-0.2, 0) is 0 Å². The number of ether oxygens (including phenoxy) is 1. The van der Waals surface area contributed by atoms with Crippen LogP contribution < -0.4 is 10.1 Å². The number of pyridine rings is 1. The smallest absolute Gasteiger partial charge is 0.321 e. The van der Waals surface area contributed by atoms with Crippen molar-refractivity contribution in [3.63, 3.8) is 0 Å². The zero-order chi connectivity index (χ0) is 13.9. The number of hydrogen-bond donors (Lipinski definition) is 1. The molecule has 20 heavy (non-hydrogen) atoms. The lowest BCUT2D eigenvalue weighted by molar-refractivity contribution is 0.374. The Morgan fingerprint density at radius 3 is 2.90 bits per heavy atom. The summed E-state index contributed by atoms with van der Waals surface area (Å²) in [5.41, 5.74) is 0.768. The minimum atomic E-state index is 0.251. The number of hydrogen-bond acceptors (Lipinski definition) is 8. The largest absolute Gasteiger partial charge is 0.467 e. The SMILES string of the molecule is CNc1nc(OC)nc(Sc2nnc3ccccn23)n1. The van der Waals surface area contributed by atoms with E-state index in [2.05, 4.69) is 30.5 Å². The molecule has 0 aliphatic carbocycles. The van der Waals surface area contributed by atoms with Crippen LogP contribution in [0.2, 0.25) is 0 Å². The molecule has 102 valence electrons. The first kappa shape index (κ1) is 12.6. The molecule has 9 heteroatoms. The first-order chi connectivity index (χ1) is 9.80. The Kier molecular flexibility index (Phi) is 3.33. The van der Waals surface area contributed by atoms with Gasteiger partial charge in [0.1, 0.15) is 0 Å². The van der Waals surface area contributed by atoms with Crippen molar-refractivity contribution in [3.05, 3.63) is 24.4 Å². The molecule has 0 amide bonds. The van der Waals surface area contributed by atoms with Crippen molar-refractivity contribution in [2.24, 2.45) is 0 Å². The third-order valence-corrected chi connectivity index (χ3v) is 3.29. The molecule has 0 fully saturated rings. The topological polar surface area (TPSA) is 90.1 Å². The Hall–Kier alpha value is -2.42. The Bertz CT molecular complexity index is 722. The van der Waals surface area contributed by atoms with Crippen LogP contribution in [0.25, 0.3) is 5.65 Å². The van der Waals surface area contributed by atoms with Crippen LogP contribution in [0.5, 0.6) is 6.01 Å². The summed E-state index contributed by atoms with van der Waals surface area (Å²) in [5, 5.41) is 12.2. The fourth-order valence-corrected chi connectivity index (χ4v) is 2.31. The zero-order valence-corrected chi connectivity index (χ0v) is 11.6. The Balaban J connectivity index is 1.98. The molecule has 0 saturated heterocycles. The van der Waals surface area contributed by atoms with Gasteiger partial charge in [0.15, 0.2) is 5.65 Å². The normalized spacial score (nSPS) is 10.7. The van der Waals surface area contributed by atoms with Crippen LogP contribution in [0.15, 0.2) is 34.7 Å². The van der Waals surface area contributed by atoms with E-state index in [4.69, 9.17) is 4.74 Å². The molecular weight excluding hydrogens is 278 g/mol. The molecular formula is C11H11N7OS. The van der Waals surface area contributed by atoms with Crippen LogP contribution in [0.3, 0.4) is 0 Å². The lowest BCUT2D eigenvalue weighted by atomic mass is 10.5. The maximum absolute atomic E-state index is 5.05. The van der Waals surface area contributed by atoms with Gasteiger partial charge in [0, 0.05) is 13.2 Å². The maximum Gasteiger partial charge on any atom is 0.321 e. The summed E-state index contributed by atoms with van der Waals surface area (Å²) in [5.74, 6) is 0.438. The minimum Gasteiger partial charge on any atom is -0.467 e. The third kappa shape index (κ3) is 2.35. The van der Waals surface area contributed by atoms with Crippen LogP contribution in [-0.4, -0.2) is 43.7 Å². The molecule has 8 nitrogen and oxygen atoms in total. The number of nitrogens with one attached hydrogen (secondary N) is 1. The van der Waals surface area contributed by atoms with E-state index in [1.165, 1.54) is 18.9 Å². The molecule has 0 spiro atoms. The number of nitrogens with zero attached hydrogens (tertiary/aromatic N) is 6. The van der Waals surface area contributed by atoms with E-state index < -0.39 is 0 Å². The zero-order valence-electron chi connectivity index (χ0n) is 10.8. The van der Waals surface area contributed by atoms with E-state index in [1.807, 2.05) is 28.8 Å². The van der Waals surface area contributed by atoms with Crippen LogP contribution in [0.4, 0.5) is 5.95 Å². The van der Waals surface area contributed by atoms with Crippen molar-refractivity contribution in [3.8, 4) is 6.01 Å². The van der Waals surface area contributed by atoms with Gasteiger partial charge in [0.05, 0.1) is 7.11 Å². The summed E-state index contributed by atoms with van der Waals surface area (Å²) < 4.78 is 6.91. The van der Waals surface area contributed by atoms with E-state index in [0.717, 1.165) is 5.65 Å². The Labute approximate surface area is 118 Å². The number of anilines is 1. The van der Waals surface area contributed by atoms with Gasteiger partial charge >= 0.3 is 6.01 Å². The van der Waals surface area contributed by atoms with Crippen LogP contribution in [0.1, 0.15) is 0 Å². The predicted octanol–water partition coefficient (Wildman–Crippen LogP) is 1.12. The van der Waals surface area contributed by atoms with Gasteiger partial charge in [-0.3, -0.25) is 4.40 Å². The quantitative estimate of drug-likeness (QED) is 0.764. The standard InChI is InChI=1S/C11H11N7OS/c1-12-8-13-9(19-2)15-10(14-8)20-11-17-16-7-5-3-4-6-18(7)11/h3-6H,1-2H3,(H,12,13,14,15). The Morgan fingerprint density at radius 1 is 1.20 bits per heavy atom. The van der Waals surface area contributed by atoms with Crippen molar-refractivity contribution in [2.75, 3.05) is 19.5 Å². The summed E-state index contributed by atoms with van der Waals surface area (Å²) in [6, 6.07) is 5.95. The lowest BCUT2D eigenvalue weighted by Gasteiger charge is -2.04. The molecule has 0 bridgehead atoms. The summed E-state index contributed by atoms with van der Waals surface area (Å²) in [6.07, 6.45) is 1.88. The van der Waals surface area contributed by atoms with Gasteiger partial charge in [0.2, 0.25) is 16.3 Å². The highest BCUT2D eigenvalue weighted by molar-refractivity contribution is 7.99. The van der Waals surface area contributed by atoms with Gasteiger partial charge in [-0.05, 0) is 23.9 Å². The first-order valence-corrected chi connectivity index (χ1v) is 6.57. The van der Waals surface area contributed by atoms with Crippen LogP contribution >= 0.6 is 11.8 Å². The molecule has 0 atom stereocenters. The Morgan fingerprint density at radius 2 is 2.10 bits per heavy atom. The average molecular weight is 289 g/mol. The number of fused-ring (bicyclic) bond motifs is 1. The number of methoxy groups -OCH3 is 1. The highest BCUT2D eigenvalue weighted by Gasteiger charge is 2.12. The second kappa shape index (κ2) is 5.29. The summed E-state index contributed by atoms with van der Waals surface area (Å²) in [7, 11) is 3.24. The molecule has 0 aliphatic rings. The van der Waals surface area contributed by atoms with E-state index in [0.29, 0.717) is 16.3 Å². The average Bonchev–Trinajstić information content (AvgIpc) is 2.90. The summed E-state index contributed by atoms with van der Waals surface area (Å²) in [6.45, 7) is 0. The molecule has 0 unspecified atom stereocenters. The molecule has 1 N–H and O–H groups in total. The van der Waals surface area contributed by atoms with Gasteiger partial charge in [-0.25, -0.2) is 0 Å². The lowest BCUT2D eigenvalue weighted by Crippen LogP contribution is -2.02.